The van der Waals surface area contributed by atoms with Crippen molar-refractivity contribution < 1.29 is 9.53 Å². The third kappa shape index (κ3) is 5.68. The molecule has 0 aliphatic rings. The van der Waals surface area contributed by atoms with Crippen LogP contribution in [0.3, 0.4) is 0 Å². The molecule has 0 aliphatic carbocycles. The van der Waals surface area contributed by atoms with Crippen LogP contribution >= 0.6 is 0 Å². The van der Waals surface area contributed by atoms with E-state index in [-0.39, 0.29) is 0 Å². The van der Waals surface area contributed by atoms with Crippen LogP contribution in [0.5, 0.6) is 0 Å². The Hall–Kier alpha value is -2.96. The number of allylic oxidation sites excluding steroid dienone is 2. The third-order valence-electron chi connectivity index (χ3n) is 3.17. The van der Waals surface area contributed by atoms with E-state index >= 15 is 0 Å². The van der Waals surface area contributed by atoms with E-state index in [4.69, 9.17) is 4.74 Å². The van der Waals surface area contributed by atoms with Gasteiger partial charge in [-0.05, 0) is 26.3 Å². The molecule has 7 heteroatoms. The summed E-state index contributed by atoms with van der Waals surface area (Å²) in [4.78, 5) is 24.1. The molecule has 1 amide bonds. The number of ether oxygens (including phenoxy) is 1. The first-order valence-corrected chi connectivity index (χ1v) is 7.76. The van der Waals surface area contributed by atoms with Gasteiger partial charge in [0.15, 0.2) is 5.82 Å². The number of nitrogens with zero attached hydrogens (tertiary/aromatic N) is 3. The first-order chi connectivity index (χ1) is 11.7. The van der Waals surface area contributed by atoms with Crippen LogP contribution in [0.4, 0.5) is 10.7 Å². The van der Waals surface area contributed by atoms with Gasteiger partial charge < -0.3 is 15.4 Å². The number of carbonyl (C=O) groups is 1. The number of alkyl carbamates (subject to hydrolysis) is 1. The van der Waals surface area contributed by atoms with Crippen molar-refractivity contribution in [2.75, 3.05) is 18.4 Å². The molecule has 2 aromatic rings. The maximum absolute atomic E-state index is 11.4. The van der Waals surface area contributed by atoms with Crippen LogP contribution in [-0.4, -0.2) is 34.1 Å². The fourth-order valence-corrected chi connectivity index (χ4v) is 1.83. The van der Waals surface area contributed by atoms with Crippen LogP contribution in [0.25, 0.3) is 11.4 Å². The summed E-state index contributed by atoms with van der Waals surface area (Å²) in [5.74, 6) is 1.71. The van der Waals surface area contributed by atoms with Crippen LogP contribution in [0.15, 0.2) is 48.5 Å². The van der Waals surface area contributed by atoms with Crippen molar-refractivity contribution in [1.82, 2.24) is 20.3 Å². The minimum absolute atomic E-state index is 0.447. The number of hydrogen-bond donors (Lipinski definition) is 2. The normalized spacial score (nSPS) is 11.0. The van der Waals surface area contributed by atoms with Crippen LogP contribution in [0.1, 0.15) is 20.3 Å². The fraction of sp³-hybridized carbons (Fsp3) is 0.294. The van der Waals surface area contributed by atoms with E-state index in [0.717, 1.165) is 12.0 Å². The monoisotopic (exact) mass is 327 g/mol. The van der Waals surface area contributed by atoms with Crippen LogP contribution in [0, 0.1) is 0 Å². The molecule has 126 valence electrons. The highest BCUT2D eigenvalue weighted by Gasteiger charge is 2.04. The molecule has 1 aromatic carbocycles. The van der Waals surface area contributed by atoms with Gasteiger partial charge in [-0.1, -0.05) is 30.3 Å². The number of aromatic nitrogens is 3. The second-order valence-electron chi connectivity index (χ2n) is 4.99. The number of amides is 1. The first kappa shape index (κ1) is 17.4. The van der Waals surface area contributed by atoms with Crippen molar-refractivity contribution >= 4 is 12.0 Å². The number of nitrogens with one attached hydrogen (secondary N) is 2. The molecule has 0 spiro atoms. The number of hydrogen-bond acceptors (Lipinski definition) is 6. The number of carbonyl (C=O) groups excluding carboxylic acids is 1. The molecule has 1 aromatic heterocycles. The summed E-state index contributed by atoms with van der Waals surface area (Å²) in [6, 6.07) is 9.71. The van der Waals surface area contributed by atoms with Crippen molar-refractivity contribution in [3.8, 4) is 11.4 Å². The van der Waals surface area contributed by atoms with Gasteiger partial charge in [0, 0.05) is 18.7 Å². The summed E-state index contributed by atoms with van der Waals surface area (Å²) in [5.41, 5.74) is 0.937. The topological polar surface area (TPSA) is 89.0 Å². The van der Waals surface area contributed by atoms with Crippen LogP contribution in [0.2, 0.25) is 0 Å². The lowest BCUT2D eigenvalue weighted by Crippen LogP contribution is -2.26. The van der Waals surface area contributed by atoms with Crippen molar-refractivity contribution in [2.24, 2.45) is 0 Å². The van der Waals surface area contributed by atoms with Gasteiger partial charge in [-0.3, -0.25) is 0 Å². The lowest BCUT2D eigenvalue weighted by atomic mass is 10.2. The lowest BCUT2D eigenvalue weighted by Gasteiger charge is -2.08. The average Bonchev–Trinajstić information content (AvgIpc) is 2.62. The minimum atomic E-state index is -0.447. The van der Waals surface area contributed by atoms with Gasteiger partial charge in [0.25, 0.3) is 0 Å². The molecular weight excluding hydrogens is 306 g/mol. The first-order valence-electron chi connectivity index (χ1n) is 7.76. The number of anilines is 1. The molecule has 0 saturated carbocycles. The standard InChI is InChI=1S/C17H21N5O2/c1-3-13(2)24-17(23)19-11-7-10-18-16-21-12-20-15(22-16)14-8-5-4-6-9-14/h3-6,8-9,12H,7,10-11H2,1-2H3,(H,19,23)(H,18,20,21,22)/b13-3-. The Morgan fingerprint density at radius 3 is 2.75 bits per heavy atom. The Morgan fingerprint density at radius 2 is 2.00 bits per heavy atom. The zero-order valence-corrected chi connectivity index (χ0v) is 13.8. The molecule has 0 bridgehead atoms. The highest BCUT2D eigenvalue weighted by Crippen LogP contribution is 2.13. The molecule has 0 radical (unpaired) electrons. The highest BCUT2D eigenvalue weighted by molar-refractivity contribution is 5.68. The third-order valence-corrected chi connectivity index (χ3v) is 3.17. The van der Waals surface area contributed by atoms with Crippen molar-refractivity contribution in [3.05, 3.63) is 48.5 Å². The lowest BCUT2D eigenvalue weighted by molar-refractivity contribution is 0.176. The van der Waals surface area contributed by atoms with E-state index in [9.17, 15) is 4.79 Å². The van der Waals surface area contributed by atoms with Crippen molar-refractivity contribution in [2.45, 2.75) is 20.3 Å². The molecule has 2 rings (SSSR count). The van der Waals surface area contributed by atoms with E-state index in [1.165, 1.54) is 6.33 Å². The number of rotatable bonds is 7. The Labute approximate surface area is 141 Å². The van der Waals surface area contributed by atoms with Crippen LogP contribution in [-0.2, 0) is 4.74 Å². The van der Waals surface area contributed by atoms with Gasteiger partial charge in [-0.2, -0.15) is 4.98 Å². The Morgan fingerprint density at radius 1 is 1.21 bits per heavy atom. The predicted molar refractivity (Wildman–Crippen MR) is 92.3 cm³/mol. The van der Waals surface area contributed by atoms with E-state index < -0.39 is 6.09 Å². The zero-order valence-electron chi connectivity index (χ0n) is 13.8. The molecule has 0 aliphatic heterocycles. The molecule has 0 atom stereocenters. The summed E-state index contributed by atoms with van der Waals surface area (Å²) in [6.07, 6.45) is 3.48. The van der Waals surface area contributed by atoms with E-state index in [2.05, 4.69) is 25.6 Å². The van der Waals surface area contributed by atoms with E-state index in [1.54, 1.807) is 13.0 Å². The molecule has 0 unspecified atom stereocenters. The summed E-state index contributed by atoms with van der Waals surface area (Å²) in [7, 11) is 0. The average molecular weight is 327 g/mol. The van der Waals surface area contributed by atoms with Gasteiger partial charge in [-0.15, -0.1) is 0 Å². The van der Waals surface area contributed by atoms with Gasteiger partial charge in [0.05, 0.1) is 0 Å². The van der Waals surface area contributed by atoms with E-state index in [1.807, 2.05) is 37.3 Å². The SMILES string of the molecule is C/C=C(/C)OC(=O)NCCCNc1ncnc(-c2ccccc2)n1. The predicted octanol–water partition coefficient (Wildman–Crippen LogP) is 2.99. The van der Waals surface area contributed by atoms with Crippen molar-refractivity contribution in [3.63, 3.8) is 0 Å². The molecule has 2 N–H and O–H groups in total. The summed E-state index contributed by atoms with van der Waals surface area (Å²) < 4.78 is 4.99. The fourth-order valence-electron chi connectivity index (χ4n) is 1.83. The Kier molecular flexibility index (Phi) is 6.70. The second kappa shape index (κ2) is 9.24. The van der Waals surface area contributed by atoms with Crippen molar-refractivity contribution in [1.29, 1.82) is 0 Å². The zero-order chi connectivity index (χ0) is 17.2. The smallest absolute Gasteiger partial charge is 0.412 e. The Balaban J connectivity index is 1.74. The van der Waals surface area contributed by atoms with Gasteiger partial charge in [-0.25, -0.2) is 14.8 Å². The summed E-state index contributed by atoms with van der Waals surface area (Å²) in [6.45, 7) is 4.66. The summed E-state index contributed by atoms with van der Waals surface area (Å²) in [5, 5.41) is 5.79. The molecule has 0 fully saturated rings. The molecule has 1 heterocycles. The molecule has 7 nitrogen and oxygen atoms in total. The summed E-state index contributed by atoms with van der Waals surface area (Å²) >= 11 is 0. The quantitative estimate of drug-likeness (QED) is 0.600. The largest absolute Gasteiger partial charge is 0.416 e. The van der Waals surface area contributed by atoms with Gasteiger partial charge in [0.2, 0.25) is 5.95 Å². The Bertz CT molecular complexity index is 688. The molecule has 24 heavy (non-hydrogen) atoms. The highest BCUT2D eigenvalue weighted by atomic mass is 16.6. The molecule has 0 saturated heterocycles. The molecular formula is C17H21N5O2. The number of benzene rings is 1. The van der Waals surface area contributed by atoms with Gasteiger partial charge >= 0.3 is 6.09 Å². The van der Waals surface area contributed by atoms with Gasteiger partial charge in [0.1, 0.15) is 12.1 Å². The maximum atomic E-state index is 11.4. The minimum Gasteiger partial charge on any atom is -0.416 e. The van der Waals surface area contributed by atoms with E-state index in [0.29, 0.717) is 30.6 Å². The van der Waals surface area contributed by atoms with Crippen LogP contribution < -0.4 is 10.6 Å². The maximum Gasteiger partial charge on any atom is 0.412 e. The second-order valence-corrected chi connectivity index (χ2v) is 4.99.